The maximum Gasteiger partial charge on any atom is 0.176 e. The van der Waals surface area contributed by atoms with E-state index in [9.17, 15) is 4.79 Å². The van der Waals surface area contributed by atoms with E-state index in [1.54, 1.807) is 11.3 Å². The summed E-state index contributed by atoms with van der Waals surface area (Å²) in [5.41, 5.74) is 1.98. The number of Topliss-reactive ketones (excluding diaryl/α,β-unsaturated/α-hetero) is 1. The highest BCUT2D eigenvalue weighted by molar-refractivity contribution is 7.09. The summed E-state index contributed by atoms with van der Waals surface area (Å²) in [5, 5.41) is 2.08. The monoisotopic (exact) mass is 287 g/mol. The number of carbonyl (C=O) groups excluding carboxylic acids is 1. The molecule has 3 heteroatoms. The van der Waals surface area contributed by atoms with E-state index in [0.29, 0.717) is 12.6 Å². The van der Waals surface area contributed by atoms with Crippen LogP contribution in [0.2, 0.25) is 0 Å². The second-order valence-corrected chi connectivity index (χ2v) is 6.40. The molecule has 0 spiro atoms. The van der Waals surface area contributed by atoms with Crippen LogP contribution in [-0.2, 0) is 6.54 Å². The van der Waals surface area contributed by atoms with Crippen LogP contribution in [0.5, 0.6) is 0 Å². The first-order chi connectivity index (χ1) is 9.56. The normalized spacial score (nSPS) is 11.2. The average Bonchev–Trinajstić information content (AvgIpc) is 2.91. The lowest BCUT2D eigenvalue weighted by Gasteiger charge is -2.25. The fourth-order valence-corrected chi connectivity index (χ4v) is 2.77. The van der Waals surface area contributed by atoms with E-state index in [-0.39, 0.29) is 5.78 Å². The van der Waals surface area contributed by atoms with Crippen molar-refractivity contribution in [3.63, 3.8) is 0 Å². The molecule has 0 N–H and O–H groups in total. The predicted octanol–water partition coefficient (Wildman–Crippen LogP) is 4.15. The van der Waals surface area contributed by atoms with Gasteiger partial charge in [0.2, 0.25) is 0 Å². The largest absolute Gasteiger partial charge is 0.293 e. The van der Waals surface area contributed by atoms with Gasteiger partial charge >= 0.3 is 0 Å². The van der Waals surface area contributed by atoms with Crippen LogP contribution >= 0.6 is 11.3 Å². The molecule has 2 rings (SSSR count). The molecule has 0 aliphatic heterocycles. The highest BCUT2D eigenvalue weighted by Gasteiger charge is 2.16. The van der Waals surface area contributed by atoms with Gasteiger partial charge in [-0.25, -0.2) is 0 Å². The Bertz CT molecular complexity index is 543. The summed E-state index contributed by atoms with van der Waals surface area (Å²) in [5.74, 6) is 0.190. The minimum absolute atomic E-state index is 0.190. The molecule has 1 heterocycles. The first-order valence-corrected chi connectivity index (χ1v) is 7.80. The van der Waals surface area contributed by atoms with E-state index in [4.69, 9.17) is 0 Å². The van der Waals surface area contributed by atoms with E-state index in [2.05, 4.69) is 36.3 Å². The van der Waals surface area contributed by atoms with Crippen LogP contribution in [0.4, 0.5) is 0 Å². The molecule has 2 nitrogen and oxygen atoms in total. The van der Waals surface area contributed by atoms with Gasteiger partial charge in [0.15, 0.2) is 5.78 Å². The SMILES string of the molecule is Cc1ccc(C(=O)CN(Cc2cccs2)C(C)C)cc1. The molecule has 0 saturated carbocycles. The summed E-state index contributed by atoms with van der Waals surface area (Å²) in [6, 6.07) is 12.4. The zero-order chi connectivity index (χ0) is 14.5. The Hall–Kier alpha value is -1.45. The third-order valence-electron chi connectivity index (χ3n) is 3.39. The molecule has 0 fully saturated rings. The van der Waals surface area contributed by atoms with Gasteiger partial charge in [0, 0.05) is 23.0 Å². The van der Waals surface area contributed by atoms with Crippen molar-refractivity contribution in [3.8, 4) is 0 Å². The molecule has 0 aliphatic carbocycles. The number of hydrogen-bond donors (Lipinski definition) is 0. The summed E-state index contributed by atoms with van der Waals surface area (Å²) in [6.07, 6.45) is 0. The summed E-state index contributed by atoms with van der Waals surface area (Å²) >= 11 is 1.74. The summed E-state index contributed by atoms with van der Waals surface area (Å²) in [7, 11) is 0. The van der Waals surface area contributed by atoms with Crippen LogP contribution in [0.3, 0.4) is 0 Å². The second-order valence-electron chi connectivity index (χ2n) is 5.37. The van der Waals surface area contributed by atoms with Crippen molar-refractivity contribution in [1.82, 2.24) is 4.90 Å². The molecular formula is C17H21NOS. The van der Waals surface area contributed by atoms with Crippen LogP contribution in [0.25, 0.3) is 0 Å². The molecule has 0 atom stereocenters. The topological polar surface area (TPSA) is 20.3 Å². The van der Waals surface area contributed by atoms with Gasteiger partial charge in [-0.1, -0.05) is 35.9 Å². The van der Waals surface area contributed by atoms with Gasteiger partial charge in [0.05, 0.1) is 6.54 Å². The molecule has 2 aromatic rings. The first-order valence-electron chi connectivity index (χ1n) is 6.92. The zero-order valence-corrected chi connectivity index (χ0v) is 13.1. The van der Waals surface area contributed by atoms with Crippen molar-refractivity contribution in [1.29, 1.82) is 0 Å². The van der Waals surface area contributed by atoms with E-state index in [1.807, 2.05) is 31.2 Å². The number of rotatable bonds is 6. The lowest BCUT2D eigenvalue weighted by Crippen LogP contribution is -2.35. The number of carbonyl (C=O) groups is 1. The Morgan fingerprint density at radius 1 is 1.20 bits per heavy atom. The Balaban J connectivity index is 2.04. The number of ketones is 1. The van der Waals surface area contributed by atoms with Gasteiger partial charge in [0.1, 0.15) is 0 Å². The molecule has 0 amide bonds. The van der Waals surface area contributed by atoms with Crippen molar-refractivity contribution in [3.05, 3.63) is 57.8 Å². The third-order valence-corrected chi connectivity index (χ3v) is 4.25. The van der Waals surface area contributed by atoms with E-state index in [1.165, 1.54) is 10.4 Å². The smallest absolute Gasteiger partial charge is 0.176 e. The van der Waals surface area contributed by atoms with Gasteiger partial charge in [-0.15, -0.1) is 11.3 Å². The van der Waals surface area contributed by atoms with Crippen molar-refractivity contribution in [2.45, 2.75) is 33.4 Å². The van der Waals surface area contributed by atoms with Gasteiger partial charge < -0.3 is 0 Å². The molecule has 0 bridgehead atoms. The molecule has 0 saturated heterocycles. The van der Waals surface area contributed by atoms with E-state index < -0.39 is 0 Å². The zero-order valence-electron chi connectivity index (χ0n) is 12.3. The second kappa shape index (κ2) is 6.82. The number of benzene rings is 1. The van der Waals surface area contributed by atoms with Crippen molar-refractivity contribution >= 4 is 17.1 Å². The van der Waals surface area contributed by atoms with Crippen molar-refractivity contribution < 1.29 is 4.79 Å². The predicted molar refractivity (Wildman–Crippen MR) is 85.4 cm³/mol. The van der Waals surface area contributed by atoms with E-state index in [0.717, 1.165) is 12.1 Å². The maximum atomic E-state index is 12.4. The van der Waals surface area contributed by atoms with Gasteiger partial charge in [-0.2, -0.15) is 0 Å². The van der Waals surface area contributed by atoms with Crippen LogP contribution in [0, 0.1) is 6.92 Å². The van der Waals surface area contributed by atoms with Crippen molar-refractivity contribution in [2.24, 2.45) is 0 Å². The molecule has 1 aromatic carbocycles. The number of hydrogen-bond acceptors (Lipinski definition) is 3. The quantitative estimate of drug-likeness (QED) is 0.744. The van der Waals surface area contributed by atoms with Crippen LogP contribution < -0.4 is 0 Å². The molecule has 0 radical (unpaired) electrons. The van der Waals surface area contributed by atoms with Crippen molar-refractivity contribution in [2.75, 3.05) is 6.54 Å². The summed E-state index contributed by atoms with van der Waals surface area (Å²) in [6.45, 7) is 7.61. The molecule has 20 heavy (non-hydrogen) atoms. The molecule has 0 unspecified atom stereocenters. The Morgan fingerprint density at radius 3 is 2.45 bits per heavy atom. The van der Waals surface area contributed by atoms with Gasteiger partial charge in [0.25, 0.3) is 0 Å². The minimum atomic E-state index is 0.190. The minimum Gasteiger partial charge on any atom is -0.293 e. The molecular weight excluding hydrogens is 266 g/mol. The van der Waals surface area contributed by atoms with Gasteiger partial charge in [-0.3, -0.25) is 9.69 Å². The van der Waals surface area contributed by atoms with E-state index >= 15 is 0 Å². The highest BCUT2D eigenvalue weighted by atomic mass is 32.1. The summed E-state index contributed by atoms with van der Waals surface area (Å²) in [4.78, 5) is 15.9. The first kappa shape index (κ1) is 14.9. The fraction of sp³-hybridized carbons (Fsp3) is 0.353. The average molecular weight is 287 g/mol. The lowest BCUT2D eigenvalue weighted by molar-refractivity contribution is 0.0899. The van der Waals surface area contributed by atoms with Crippen LogP contribution in [0.1, 0.15) is 34.6 Å². The number of nitrogens with zero attached hydrogens (tertiary/aromatic N) is 1. The third kappa shape index (κ3) is 4.02. The number of thiophene rings is 1. The number of aryl methyl sites for hydroxylation is 1. The van der Waals surface area contributed by atoms with Crippen LogP contribution in [0.15, 0.2) is 41.8 Å². The van der Waals surface area contributed by atoms with Crippen LogP contribution in [-0.4, -0.2) is 23.3 Å². The maximum absolute atomic E-state index is 12.4. The van der Waals surface area contributed by atoms with Gasteiger partial charge in [-0.05, 0) is 32.2 Å². The Morgan fingerprint density at radius 2 is 1.90 bits per heavy atom. The summed E-state index contributed by atoms with van der Waals surface area (Å²) < 4.78 is 0. The standard InChI is InChI=1S/C17H21NOS/c1-13(2)18(11-16-5-4-10-20-16)12-17(19)15-8-6-14(3)7-9-15/h4-10,13H,11-12H2,1-3H3. The Labute approximate surface area is 125 Å². The highest BCUT2D eigenvalue weighted by Crippen LogP contribution is 2.15. The molecule has 1 aromatic heterocycles. The molecule has 0 aliphatic rings. The lowest BCUT2D eigenvalue weighted by atomic mass is 10.1. The molecule has 106 valence electrons. The fourth-order valence-electron chi connectivity index (χ4n) is 2.04. The Kier molecular flexibility index (Phi) is 5.10.